The fraction of sp³-hybridized carbons (Fsp3) is 0.194. The Labute approximate surface area is 238 Å². The monoisotopic (exact) mass is 565 g/mol. The number of nitrogens with two attached hydrogens (primary N) is 2. The molecule has 0 aliphatic heterocycles. The van der Waals surface area contributed by atoms with Gasteiger partial charge < -0.3 is 11.5 Å². The van der Waals surface area contributed by atoms with E-state index < -0.39 is 23.1 Å². The van der Waals surface area contributed by atoms with Gasteiger partial charge in [-0.3, -0.25) is 14.2 Å². The smallest absolute Gasteiger partial charge is 0.268 e. The van der Waals surface area contributed by atoms with Crippen LogP contribution in [0.4, 0.5) is 14.6 Å². The number of halogens is 2. The van der Waals surface area contributed by atoms with Crippen molar-refractivity contribution in [1.29, 1.82) is 5.26 Å². The van der Waals surface area contributed by atoms with Gasteiger partial charge in [0.05, 0.1) is 6.07 Å². The molecule has 42 heavy (non-hydrogen) atoms. The first-order chi connectivity index (χ1) is 20.3. The Morgan fingerprint density at radius 1 is 0.976 bits per heavy atom. The molecule has 0 radical (unpaired) electrons. The summed E-state index contributed by atoms with van der Waals surface area (Å²) in [4.78, 5) is 29.8. The molecule has 0 bridgehead atoms. The largest absolute Gasteiger partial charge is 0.382 e. The normalized spacial score (nSPS) is 16.8. The number of nitrogen functional groups attached to an aromatic ring is 1. The molecule has 0 atom stereocenters. The fourth-order valence-electron chi connectivity index (χ4n) is 5.83. The second-order valence-electron chi connectivity index (χ2n) is 10.4. The lowest BCUT2D eigenvalue weighted by Crippen LogP contribution is -2.29. The molecule has 9 nitrogen and oxygen atoms in total. The zero-order valence-corrected chi connectivity index (χ0v) is 22.3. The van der Waals surface area contributed by atoms with Gasteiger partial charge in [-0.1, -0.05) is 12.1 Å². The van der Waals surface area contributed by atoms with Crippen LogP contribution in [0.5, 0.6) is 0 Å². The molecule has 4 N–H and O–H groups in total. The number of fused-ring (bicyclic) bond motifs is 1. The summed E-state index contributed by atoms with van der Waals surface area (Å²) in [6, 6.07) is 15.3. The Bertz CT molecular complexity index is 1950. The third kappa shape index (κ3) is 4.56. The van der Waals surface area contributed by atoms with E-state index in [1.54, 1.807) is 16.6 Å². The van der Waals surface area contributed by atoms with Gasteiger partial charge in [0.15, 0.2) is 5.82 Å². The predicted molar refractivity (Wildman–Crippen MR) is 153 cm³/mol. The van der Waals surface area contributed by atoms with Crippen molar-refractivity contribution in [2.45, 2.75) is 31.6 Å². The number of hydrogen-bond donors (Lipinski definition) is 2. The van der Waals surface area contributed by atoms with Crippen LogP contribution in [0.25, 0.3) is 33.5 Å². The highest BCUT2D eigenvalue weighted by Gasteiger charge is 2.28. The van der Waals surface area contributed by atoms with Crippen LogP contribution in [0.2, 0.25) is 0 Å². The summed E-state index contributed by atoms with van der Waals surface area (Å²) in [5.41, 5.74) is 13.7. The number of hydrogen-bond acceptors (Lipinski definition) is 6. The van der Waals surface area contributed by atoms with Crippen LogP contribution in [-0.2, 0) is 0 Å². The van der Waals surface area contributed by atoms with Crippen LogP contribution in [0.1, 0.15) is 47.7 Å². The highest BCUT2D eigenvalue weighted by molar-refractivity contribution is 6.00. The minimum Gasteiger partial charge on any atom is -0.382 e. The van der Waals surface area contributed by atoms with Gasteiger partial charge in [-0.05, 0) is 73.7 Å². The van der Waals surface area contributed by atoms with Gasteiger partial charge in [0.2, 0.25) is 0 Å². The second kappa shape index (κ2) is 10.6. The summed E-state index contributed by atoms with van der Waals surface area (Å²) in [6.45, 7) is 0. The van der Waals surface area contributed by atoms with Crippen molar-refractivity contribution in [3.05, 3.63) is 100 Å². The van der Waals surface area contributed by atoms with E-state index in [2.05, 4.69) is 16.2 Å². The van der Waals surface area contributed by atoms with Gasteiger partial charge in [0.25, 0.3) is 11.5 Å². The summed E-state index contributed by atoms with van der Waals surface area (Å²) in [7, 11) is 0. The highest BCUT2D eigenvalue weighted by atomic mass is 19.1. The first-order valence-corrected chi connectivity index (χ1v) is 13.4. The molecule has 1 aliphatic rings. The number of pyridine rings is 1. The van der Waals surface area contributed by atoms with Crippen LogP contribution in [0.15, 0.2) is 71.9 Å². The van der Waals surface area contributed by atoms with Gasteiger partial charge >= 0.3 is 0 Å². The average molecular weight is 566 g/mol. The molecular weight excluding hydrogens is 540 g/mol. The number of amides is 1. The number of carbonyl (C=O) groups is 1. The summed E-state index contributed by atoms with van der Waals surface area (Å²) in [5.74, 6) is -1.72. The Morgan fingerprint density at radius 3 is 2.38 bits per heavy atom. The van der Waals surface area contributed by atoms with Gasteiger partial charge in [0.1, 0.15) is 29.0 Å². The molecule has 1 amide bonds. The highest BCUT2D eigenvalue weighted by Crippen LogP contribution is 2.41. The molecule has 1 aliphatic carbocycles. The summed E-state index contributed by atoms with van der Waals surface area (Å²) in [6.07, 6.45) is 5.93. The van der Waals surface area contributed by atoms with E-state index in [-0.39, 0.29) is 39.9 Å². The van der Waals surface area contributed by atoms with Crippen LogP contribution in [-0.4, -0.2) is 25.1 Å². The molecule has 11 heteroatoms. The van der Waals surface area contributed by atoms with Gasteiger partial charge in [-0.2, -0.15) is 10.4 Å². The SMILES string of the molecule is N#C[C@H]1CC[C@H](c2cc(-c3ccc(-c4ccn(-c5ccc(F)cc5)c(=O)c4C(N)=O)cc3F)c3c(N)ncnn32)CC1. The topological polar surface area (TPSA) is 145 Å². The molecule has 5 aromatic rings. The second-order valence-corrected chi connectivity index (χ2v) is 10.4. The number of rotatable bonds is 5. The Morgan fingerprint density at radius 2 is 1.71 bits per heavy atom. The third-order valence-electron chi connectivity index (χ3n) is 7.95. The molecule has 210 valence electrons. The molecule has 2 aromatic carbocycles. The molecule has 1 fully saturated rings. The lowest BCUT2D eigenvalue weighted by molar-refractivity contribution is 0.0999. The van der Waals surface area contributed by atoms with E-state index >= 15 is 4.39 Å². The van der Waals surface area contributed by atoms with E-state index in [1.165, 1.54) is 53.5 Å². The first-order valence-electron chi connectivity index (χ1n) is 13.4. The number of aromatic nitrogens is 4. The maximum Gasteiger partial charge on any atom is 0.268 e. The van der Waals surface area contributed by atoms with Crippen molar-refractivity contribution in [1.82, 2.24) is 19.2 Å². The summed E-state index contributed by atoms with van der Waals surface area (Å²) >= 11 is 0. The van der Waals surface area contributed by atoms with E-state index in [1.807, 2.05) is 6.07 Å². The molecular formula is C31H25F2N7O2. The number of primary amides is 1. The minimum atomic E-state index is -0.977. The van der Waals surface area contributed by atoms with Crippen molar-refractivity contribution in [2.75, 3.05) is 5.73 Å². The van der Waals surface area contributed by atoms with E-state index in [9.17, 15) is 19.2 Å². The van der Waals surface area contributed by atoms with Crippen molar-refractivity contribution in [3.63, 3.8) is 0 Å². The van der Waals surface area contributed by atoms with E-state index in [4.69, 9.17) is 11.5 Å². The Kier molecular flexibility index (Phi) is 6.74. The summed E-state index contributed by atoms with van der Waals surface area (Å²) in [5, 5.41) is 13.7. The number of carbonyl (C=O) groups excluding carboxylic acids is 1. The van der Waals surface area contributed by atoms with Gasteiger partial charge in [-0.15, -0.1) is 0 Å². The molecule has 3 heterocycles. The molecule has 0 saturated heterocycles. The van der Waals surface area contributed by atoms with Crippen LogP contribution in [0, 0.1) is 28.9 Å². The Hall–Kier alpha value is -5.37. The zero-order chi connectivity index (χ0) is 29.5. The molecule has 0 unspecified atom stereocenters. The standard InChI is InChI=1S/C31H25F2N7O2/c32-20-6-8-21(9-7-20)39-12-11-22(27(30(36)41)31(39)42)19-5-10-23(25(33)13-19)24-14-26(18-3-1-17(15-34)2-4-18)40-28(24)29(35)37-16-38-40/h5-14,16-18H,1-4H2,(H2,36,41)(H2,35,37,38)/t17-,18-. The lowest BCUT2D eigenvalue weighted by Gasteiger charge is -2.24. The molecule has 6 rings (SSSR count). The van der Waals surface area contributed by atoms with Crippen LogP contribution < -0.4 is 17.0 Å². The van der Waals surface area contributed by atoms with E-state index in [0.29, 0.717) is 16.8 Å². The van der Waals surface area contributed by atoms with E-state index in [0.717, 1.165) is 31.4 Å². The molecule has 0 spiro atoms. The van der Waals surface area contributed by atoms with Crippen LogP contribution >= 0.6 is 0 Å². The van der Waals surface area contributed by atoms with Gasteiger partial charge in [-0.25, -0.2) is 18.3 Å². The number of nitriles is 1. The molecule has 1 saturated carbocycles. The van der Waals surface area contributed by atoms with Crippen LogP contribution in [0.3, 0.4) is 0 Å². The molecule has 3 aromatic heterocycles. The predicted octanol–water partition coefficient (Wildman–Crippen LogP) is 4.97. The number of anilines is 1. The van der Waals surface area contributed by atoms with Gasteiger partial charge in [0, 0.05) is 46.1 Å². The van der Waals surface area contributed by atoms with Crippen molar-refractivity contribution < 1.29 is 13.6 Å². The van der Waals surface area contributed by atoms with Crippen molar-refractivity contribution in [3.8, 4) is 34.0 Å². The number of benzene rings is 2. The van der Waals surface area contributed by atoms with Crippen molar-refractivity contribution in [2.24, 2.45) is 11.7 Å². The number of nitrogens with zero attached hydrogens (tertiary/aromatic N) is 5. The maximum absolute atomic E-state index is 15.9. The van der Waals surface area contributed by atoms with Crippen molar-refractivity contribution >= 4 is 17.2 Å². The quantitative estimate of drug-likeness (QED) is 0.308. The summed E-state index contributed by atoms with van der Waals surface area (Å²) < 4.78 is 32.2. The lowest BCUT2D eigenvalue weighted by atomic mass is 9.81. The first kappa shape index (κ1) is 26.8. The Balaban J connectivity index is 1.43. The third-order valence-corrected chi connectivity index (χ3v) is 7.95. The minimum absolute atomic E-state index is 0.0275. The average Bonchev–Trinajstić information content (AvgIpc) is 3.38. The fourth-order valence-corrected chi connectivity index (χ4v) is 5.83. The maximum atomic E-state index is 15.9. The zero-order valence-electron chi connectivity index (χ0n) is 22.3.